The van der Waals surface area contributed by atoms with Crippen LogP contribution in [-0.2, 0) is 21.4 Å². The molecule has 0 saturated carbocycles. The zero-order valence-electron chi connectivity index (χ0n) is 18.2. The minimum Gasteiger partial charge on any atom is -0.378 e. The fraction of sp³-hybridized carbons (Fsp3) is 0.360. The number of halogens is 1. The van der Waals surface area contributed by atoms with Crippen molar-refractivity contribution in [1.82, 2.24) is 14.7 Å². The Morgan fingerprint density at radius 2 is 1.94 bits per heavy atom. The highest BCUT2D eigenvalue weighted by Crippen LogP contribution is 2.30. The normalized spacial score (nSPS) is 14.6. The predicted molar refractivity (Wildman–Crippen MR) is 123 cm³/mol. The molecule has 1 aromatic heterocycles. The monoisotopic (exact) mass is 436 g/mol. The minimum atomic E-state index is -0.0972. The molecular weight excluding hydrogens is 410 g/mol. The van der Waals surface area contributed by atoms with Crippen molar-refractivity contribution in [3.63, 3.8) is 0 Å². The fourth-order valence-electron chi connectivity index (χ4n) is 3.61. The lowest BCUT2D eigenvalue weighted by Gasteiger charge is -2.27. The van der Waals surface area contributed by atoms with Crippen LogP contribution in [0.1, 0.15) is 32.0 Å². The molecule has 31 heavy (non-hydrogen) atoms. The predicted octanol–water partition coefficient (Wildman–Crippen LogP) is 4.69. The van der Waals surface area contributed by atoms with E-state index in [0.717, 1.165) is 28.2 Å². The number of amides is 1. The van der Waals surface area contributed by atoms with Crippen LogP contribution in [0.2, 0.25) is 5.02 Å². The van der Waals surface area contributed by atoms with Crippen LogP contribution in [0.15, 0.2) is 48.5 Å². The molecule has 1 saturated heterocycles. The maximum Gasteiger partial charge on any atom is 0.227 e. The van der Waals surface area contributed by atoms with Crippen molar-refractivity contribution in [3.05, 3.63) is 70.9 Å². The van der Waals surface area contributed by atoms with Gasteiger partial charge in [-0.1, -0.05) is 50.6 Å². The molecule has 3 aromatic rings. The number of benzene rings is 2. The first kappa shape index (κ1) is 21.6. The van der Waals surface area contributed by atoms with Gasteiger partial charge in [-0.05, 0) is 35.9 Å². The van der Waals surface area contributed by atoms with E-state index in [1.54, 1.807) is 0 Å². The first-order chi connectivity index (χ1) is 14.8. The van der Waals surface area contributed by atoms with Gasteiger partial charge in [0.05, 0.1) is 36.7 Å². The number of hydrogen-bond acceptors (Lipinski definition) is 3. The summed E-state index contributed by atoms with van der Waals surface area (Å²) in [6, 6.07) is 18.9. The Bertz CT molecular complexity index is 1060. The third-order valence-electron chi connectivity index (χ3n) is 5.42. The molecule has 0 atom stereocenters. The molecule has 2 heterocycles. The van der Waals surface area contributed by atoms with E-state index in [-0.39, 0.29) is 11.3 Å². The van der Waals surface area contributed by atoms with Crippen LogP contribution in [0.5, 0.6) is 0 Å². The van der Waals surface area contributed by atoms with Gasteiger partial charge in [0.15, 0.2) is 0 Å². The number of nitrogens with zero attached hydrogens (tertiary/aromatic N) is 3. The molecule has 5 nitrogen and oxygen atoms in total. The highest BCUT2D eigenvalue weighted by Gasteiger charge is 2.22. The zero-order chi connectivity index (χ0) is 22.0. The van der Waals surface area contributed by atoms with Gasteiger partial charge in [-0.2, -0.15) is 5.10 Å². The zero-order valence-corrected chi connectivity index (χ0v) is 18.9. The molecule has 6 heteroatoms. The molecule has 2 aromatic carbocycles. The summed E-state index contributed by atoms with van der Waals surface area (Å²) in [6.45, 7) is 8.97. The number of morpholine rings is 1. The summed E-state index contributed by atoms with van der Waals surface area (Å²) in [7, 11) is 0. The van der Waals surface area contributed by atoms with Crippen molar-refractivity contribution < 1.29 is 9.53 Å². The van der Waals surface area contributed by atoms with Crippen LogP contribution in [0.3, 0.4) is 0 Å². The second-order valence-electron chi connectivity index (χ2n) is 8.84. The smallest absolute Gasteiger partial charge is 0.227 e. The summed E-state index contributed by atoms with van der Waals surface area (Å²) < 4.78 is 7.30. The lowest BCUT2D eigenvalue weighted by molar-refractivity contribution is -0.134. The number of ether oxygens (including phenoxy) is 1. The summed E-state index contributed by atoms with van der Waals surface area (Å²) in [5.41, 5.74) is 4.74. The molecule has 0 N–H and O–H groups in total. The van der Waals surface area contributed by atoms with E-state index in [1.807, 2.05) is 52.0 Å². The lowest BCUT2D eigenvalue weighted by Crippen LogP contribution is -2.41. The third kappa shape index (κ3) is 5.00. The highest BCUT2D eigenvalue weighted by molar-refractivity contribution is 6.30. The average Bonchev–Trinajstić information content (AvgIpc) is 3.21. The van der Waals surface area contributed by atoms with Crippen LogP contribution in [0, 0.1) is 6.07 Å². The molecule has 0 aliphatic carbocycles. The highest BCUT2D eigenvalue weighted by atomic mass is 35.5. The van der Waals surface area contributed by atoms with Gasteiger partial charge in [-0.25, -0.2) is 4.68 Å². The van der Waals surface area contributed by atoms with Crippen molar-refractivity contribution in [2.75, 3.05) is 26.3 Å². The topological polar surface area (TPSA) is 47.4 Å². The quantitative estimate of drug-likeness (QED) is 0.596. The van der Waals surface area contributed by atoms with Crippen LogP contribution in [0.25, 0.3) is 16.9 Å². The lowest BCUT2D eigenvalue weighted by atomic mass is 9.92. The Morgan fingerprint density at radius 1 is 1.16 bits per heavy atom. The van der Waals surface area contributed by atoms with Gasteiger partial charge in [0.25, 0.3) is 0 Å². The largest absolute Gasteiger partial charge is 0.378 e. The van der Waals surface area contributed by atoms with Crippen molar-refractivity contribution >= 4 is 17.5 Å². The molecule has 4 rings (SSSR count). The Balaban J connectivity index is 1.68. The number of carbonyl (C=O) groups is 1. The Kier molecular flexibility index (Phi) is 6.17. The van der Waals surface area contributed by atoms with Gasteiger partial charge in [0.2, 0.25) is 5.91 Å². The van der Waals surface area contributed by atoms with E-state index >= 15 is 0 Å². The van der Waals surface area contributed by atoms with E-state index in [1.165, 1.54) is 0 Å². The van der Waals surface area contributed by atoms with E-state index in [0.29, 0.717) is 37.7 Å². The average molecular weight is 437 g/mol. The Morgan fingerprint density at radius 3 is 2.61 bits per heavy atom. The molecule has 1 amide bonds. The number of rotatable bonds is 4. The van der Waals surface area contributed by atoms with Crippen molar-refractivity contribution in [3.8, 4) is 16.9 Å². The van der Waals surface area contributed by atoms with Gasteiger partial charge in [0, 0.05) is 35.2 Å². The maximum atomic E-state index is 12.7. The first-order valence-corrected chi connectivity index (χ1v) is 10.9. The molecular formula is C25H27ClN3O2. The van der Waals surface area contributed by atoms with Crippen molar-refractivity contribution in [2.24, 2.45) is 0 Å². The molecule has 1 aliphatic heterocycles. The van der Waals surface area contributed by atoms with Gasteiger partial charge in [0.1, 0.15) is 0 Å². The molecule has 1 aliphatic rings. The van der Waals surface area contributed by atoms with Crippen molar-refractivity contribution in [2.45, 2.75) is 32.6 Å². The maximum absolute atomic E-state index is 12.7. The van der Waals surface area contributed by atoms with Gasteiger partial charge in [-0.3, -0.25) is 4.79 Å². The van der Waals surface area contributed by atoms with E-state index in [4.69, 9.17) is 21.4 Å². The molecule has 0 unspecified atom stereocenters. The molecule has 161 valence electrons. The summed E-state index contributed by atoms with van der Waals surface area (Å²) in [5, 5.41) is 5.50. The molecule has 1 radical (unpaired) electrons. The Labute approximate surface area is 188 Å². The van der Waals surface area contributed by atoms with Crippen LogP contribution >= 0.6 is 11.6 Å². The Hall–Kier alpha value is -2.63. The second kappa shape index (κ2) is 8.85. The molecule has 0 bridgehead atoms. The molecule has 1 fully saturated rings. The van der Waals surface area contributed by atoms with Gasteiger partial charge in [-0.15, -0.1) is 0 Å². The summed E-state index contributed by atoms with van der Waals surface area (Å²) >= 11 is 6.05. The van der Waals surface area contributed by atoms with Gasteiger partial charge < -0.3 is 9.64 Å². The van der Waals surface area contributed by atoms with Crippen LogP contribution in [0.4, 0.5) is 0 Å². The van der Waals surface area contributed by atoms with E-state index in [2.05, 4.69) is 32.9 Å². The standard InChI is InChI=1S/C25H27ClN3O2/c1-25(2,3)23-17-22(19-7-9-20(26)10-8-19)29(27-23)21-6-4-5-18(15-21)16-24(30)28-11-13-31-14-12-28/h4-9,15,17H,11-14,16H2,1-3H3. The first-order valence-electron chi connectivity index (χ1n) is 10.5. The number of hydrogen-bond donors (Lipinski definition) is 0. The number of carbonyl (C=O) groups excluding carboxylic acids is 1. The van der Waals surface area contributed by atoms with Crippen LogP contribution < -0.4 is 0 Å². The molecule has 0 spiro atoms. The van der Waals surface area contributed by atoms with Crippen molar-refractivity contribution in [1.29, 1.82) is 0 Å². The van der Waals surface area contributed by atoms with E-state index < -0.39 is 0 Å². The fourth-order valence-corrected chi connectivity index (χ4v) is 3.73. The summed E-state index contributed by atoms with van der Waals surface area (Å²) in [6.07, 6.45) is 0.366. The van der Waals surface area contributed by atoms with Crippen LogP contribution in [-0.4, -0.2) is 46.9 Å². The second-order valence-corrected chi connectivity index (χ2v) is 9.25. The summed E-state index contributed by atoms with van der Waals surface area (Å²) in [4.78, 5) is 14.6. The summed E-state index contributed by atoms with van der Waals surface area (Å²) in [5.74, 6) is 0.129. The van der Waals surface area contributed by atoms with E-state index in [9.17, 15) is 4.79 Å². The third-order valence-corrected chi connectivity index (χ3v) is 5.66. The SMILES string of the molecule is CC(C)(C)c1cc(-c2c[c]c(Cl)cc2)n(-c2cccc(CC(=O)N3CCOCC3)c2)n1. The van der Waals surface area contributed by atoms with Gasteiger partial charge >= 0.3 is 0 Å². The number of aromatic nitrogens is 2. The minimum absolute atomic E-state index is 0.0972.